The van der Waals surface area contributed by atoms with Crippen LogP contribution in [0.4, 0.5) is 17.5 Å². The summed E-state index contributed by atoms with van der Waals surface area (Å²) in [5.41, 5.74) is 3.74. The minimum atomic E-state index is -0.220. The number of aliphatic hydroxyl groups is 1. The highest BCUT2D eigenvalue weighted by atomic mass is 16.3. The number of anilines is 3. The van der Waals surface area contributed by atoms with Crippen LogP contribution in [-0.2, 0) is 13.1 Å². The number of nitrogens with one attached hydrogen (secondary N) is 3. The quantitative estimate of drug-likeness (QED) is 0.295. The van der Waals surface area contributed by atoms with Crippen molar-refractivity contribution in [2.45, 2.75) is 57.8 Å². The normalized spacial score (nSPS) is 17.6. The molecule has 9 heteroatoms. The summed E-state index contributed by atoms with van der Waals surface area (Å²) in [5.74, 6) is 0.957. The number of fused-ring (bicyclic) bond motifs is 1. The van der Waals surface area contributed by atoms with Crippen molar-refractivity contribution >= 4 is 34.5 Å². The van der Waals surface area contributed by atoms with Crippen LogP contribution in [0.15, 0.2) is 60.9 Å². The average Bonchev–Trinajstić information content (AvgIpc) is 3.33. The van der Waals surface area contributed by atoms with Gasteiger partial charge in [0, 0.05) is 30.4 Å². The molecule has 36 heavy (non-hydrogen) atoms. The van der Waals surface area contributed by atoms with Gasteiger partial charge in [0.2, 0.25) is 5.95 Å². The molecule has 186 valence electrons. The molecule has 0 aliphatic heterocycles. The summed E-state index contributed by atoms with van der Waals surface area (Å²) < 4.78 is 1.98. The van der Waals surface area contributed by atoms with Gasteiger partial charge in [0.15, 0.2) is 17.0 Å². The van der Waals surface area contributed by atoms with E-state index in [1.807, 2.05) is 54.0 Å². The van der Waals surface area contributed by atoms with Crippen LogP contribution in [-0.4, -0.2) is 42.7 Å². The van der Waals surface area contributed by atoms with Crippen LogP contribution >= 0.6 is 0 Å². The first-order valence-electron chi connectivity index (χ1n) is 12.5. The Morgan fingerprint density at radius 1 is 1.06 bits per heavy atom. The molecule has 0 unspecified atom stereocenters. The molecule has 0 saturated heterocycles. The van der Waals surface area contributed by atoms with Gasteiger partial charge in [-0.3, -0.25) is 4.79 Å². The van der Waals surface area contributed by atoms with Crippen LogP contribution in [0.2, 0.25) is 0 Å². The lowest BCUT2D eigenvalue weighted by atomic mass is 9.93. The zero-order valence-electron chi connectivity index (χ0n) is 20.3. The van der Waals surface area contributed by atoms with E-state index in [1.165, 1.54) is 0 Å². The smallest absolute Gasteiger partial charge is 0.251 e. The number of hydrogen-bond donors (Lipinski definition) is 4. The number of hydrogen-bond acceptors (Lipinski definition) is 7. The van der Waals surface area contributed by atoms with Crippen LogP contribution in [0.1, 0.15) is 48.5 Å². The lowest BCUT2D eigenvalue weighted by Crippen LogP contribution is -2.29. The number of aromatic nitrogens is 4. The van der Waals surface area contributed by atoms with Crippen molar-refractivity contribution in [3.8, 4) is 0 Å². The van der Waals surface area contributed by atoms with Gasteiger partial charge in [0.1, 0.15) is 0 Å². The highest BCUT2D eigenvalue weighted by molar-refractivity contribution is 5.95. The topological polar surface area (TPSA) is 117 Å². The number of nitrogens with zero attached hydrogens (tertiary/aromatic N) is 4. The van der Waals surface area contributed by atoms with E-state index in [1.54, 1.807) is 18.5 Å². The molecule has 4 aromatic rings. The highest BCUT2D eigenvalue weighted by Gasteiger charge is 2.21. The fraction of sp³-hybridized carbons (Fsp3) is 0.333. The Morgan fingerprint density at radius 2 is 1.86 bits per heavy atom. The van der Waals surface area contributed by atoms with E-state index in [0.717, 1.165) is 49.1 Å². The molecule has 4 N–H and O–H groups in total. The van der Waals surface area contributed by atoms with Crippen LogP contribution in [0.25, 0.3) is 11.2 Å². The third-order valence-electron chi connectivity index (χ3n) is 6.52. The predicted molar refractivity (Wildman–Crippen MR) is 140 cm³/mol. The summed E-state index contributed by atoms with van der Waals surface area (Å²) in [6, 6.07) is 17.4. The van der Waals surface area contributed by atoms with Gasteiger partial charge in [-0.15, -0.1) is 0 Å². The fourth-order valence-corrected chi connectivity index (χ4v) is 4.49. The van der Waals surface area contributed by atoms with E-state index in [2.05, 4.69) is 20.9 Å². The second kappa shape index (κ2) is 10.7. The first-order valence-corrected chi connectivity index (χ1v) is 12.5. The second-order valence-electron chi connectivity index (χ2n) is 9.12. The first-order chi connectivity index (χ1) is 17.6. The van der Waals surface area contributed by atoms with Gasteiger partial charge < -0.3 is 25.6 Å². The summed E-state index contributed by atoms with van der Waals surface area (Å²) in [6.45, 7) is 3.24. The first kappa shape index (κ1) is 23.7. The number of imidazole rings is 1. The largest absolute Gasteiger partial charge is 0.393 e. The van der Waals surface area contributed by atoms with Crippen molar-refractivity contribution < 1.29 is 9.90 Å². The van der Waals surface area contributed by atoms with E-state index < -0.39 is 0 Å². The van der Waals surface area contributed by atoms with Crippen molar-refractivity contribution in [2.24, 2.45) is 0 Å². The van der Waals surface area contributed by atoms with Crippen LogP contribution in [0, 0.1) is 0 Å². The molecule has 2 heterocycles. The summed E-state index contributed by atoms with van der Waals surface area (Å²) in [5, 5.41) is 19.6. The van der Waals surface area contributed by atoms with Crippen LogP contribution in [0.3, 0.4) is 0 Å². The maximum atomic E-state index is 12.8. The lowest BCUT2D eigenvalue weighted by Gasteiger charge is -2.26. The number of amides is 1. The summed E-state index contributed by atoms with van der Waals surface area (Å²) in [7, 11) is 0. The highest BCUT2D eigenvalue weighted by Crippen LogP contribution is 2.27. The Labute approximate surface area is 210 Å². The zero-order valence-corrected chi connectivity index (χ0v) is 20.3. The Morgan fingerprint density at radius 3 is 2.64 bits per heavy atom. The molecular weight excluding hydrogens is 454 g/mol. The van der Waals surface area contributed by atoms with Gasteiger partial charge in [-0.1, -0.05) is 36.4 Å². The number of carbonyl (C=O) groups is 1. The molecule has 1 amide bonds. The minimum absolute atomic E-state index is 0.146. The lowest BCUT2D eigenvalue weighted by molar-refractivity contribution is 0.0951. The number of aliphatic hydroxyl groups excluding tert-OH is 1. The molecule has 0 bridgehead atoms. The van der Waals surface area contributed by atoms with Gasteiger partial charge in [-0.25, -0.2) is 4.98 Å². The number of aryl methyl sites for hydroxylation is 1. The molecule has 0 spiro atoms. The summed E-state index contributed by atoms with van der Waals surface area (Å²) >= 11 is 0. The molecule has 2 aromatic carbocycles. The van der Waals surface area contributed by atoms with E-state index in [9.17, 15) is 9.90 Å². The van der Waals surface area contributed by atoms with E-state index >= 15 is 0 Å². The summed E-state index contributed by atoms with van der Waals surface area (Å²) in [4.78, 5) is 26.8. The molecule has 1 aliphatic rings. The summed E-state index contributed by atoms with van der Waals surface area (Å²) in [6.07, 6.45) is 4.84. The fourth-order valence-electron chi connectivity index (χ4n) is 4.49. The Balaban J connectivity index is 1.36. The van der Waals surface area contributed by atoms with Crippen LogP contribution < -0.4 is 16.0 Å². The van der Waals surface area contributed by atoms with Gasteiger partial charge in [-0.2, -0.15) is 9.97 Å². The number of carbonyl (C=O) groups excluding carboxylic acids is 1. The van der Waals surface area contributed by atoms with Crippen molar-refractivity contribution in [3.05, 3.63) is 72.1 Å². The maximum absolute atomic E-state index is 12.8. The van der Waals surface area contributed by atoms with E-state index in [0.29, 0.717) is 29.4 Å². The zero-order chi connectivity index (χ0) is 24.9. The van der Waals surface area contributed by atoms with Gasteiger partial charge in [0.25, 0.3) is 5.91 Å². The molecule has 5 rings (SSSR count). The van der Waals surface area contributed by atoms with Crippen molar-refractivity contribution in [2.75, 3.05) is 10.6 Å². The minimum Gasteiger partial charge on any atom is -0.393 e. The molecule has 1 saturated carbocycles. The standard InChI is InChI=1S/C27H31N7O2/c1-2-34-17-29-23-24(32-27(33-25(23)34)31-20-11-13-22(35)14-12-20)30-21-10-6-9-19(15-21)26(36)28-16-18-7-4-3-5-8-18/h3-10,15,17,20,22,35H,2,11-14,16H2,1H3,(H,28,36)(H2,30,31,32,33)/t20-,22-. The number of rotatable bonds is 8. The van der Waals surface area contributed by atoms with Gasteiger partial charge in [-0.05, 0) is 56.4 Å². The molecule has 2 aromatic heterocycles. The van der Waals surface area contributed by atoms with Crippen molar-refractivity contribution in [1.29, 1.82) is 0 Å². The van der Waals surface area contributed by atoms with Gasteiger partial charge in [0.05, 0.1) is 12.4 Å². The molecule has 1 aliphatic carbocycles. The van der Waals surface area contributed by atoms with Crippen molar-refractivity contribution in [1.82, 2.24) is 24.8 Å². The van der Waals surface area contributed by atoms with Gasteiger partial charge >= 0.3 is 0 Å². The predicted octanol–water partition coefficient (Wildman–Crippen LogP) is 4.24. The molecule has 0 atom stereocenters. The third kappa shape index (κ3) is 5.46. The van der Waals surface area contributed by atoms with Crippen molar-refractivity contribution in [3.63, 3.8) is 0 Å². The van der Waals surface area contributed by atoms with Crippen LogP contribution in [0.5, 0.6) is 0 Å². The Kier molecular flexibility index (Phi) is 7.08. The molecule has 1 fully saturated rings. The average molecular weight is 486 g/mol. The SMILES string of the molecule is CCn1cnc2c(Nc3cccc(C(=O)NCc4ccccc4)c3)nc(N[C@H]3CC[C@H](O)CC3)nc21. The third-order valence-corrected chi connectivity index (χ3v) is 6.52. The monoisotopic (exact) mass is 485 g/mol. The second-order valence-corrected chi connectivity index (χ2v) is 9.12. The van der Waals surface area contributed by atoms with E-state index in [-0.39, 0.29) is 18.1 Å². The Hall–Kier alpha value is -3.98. The maximum Gasteiger partial charge on any atom is 0.251 e. The number of benzene rings is 2. The molecular formula is C27H31N7O2. The molecule has 0 radical (unpaired) electrons. The Bertz CT molecular complexity index is 1330. The van der Waals surface area contributed by atoms with E-state index in [4.69, 9.17) is 9.97 Å². The molecule has 9 nitrogen and oxygen atoms in total.